The molecule has 2 atom stereocenters. The van der Waals surface area contributed by atoms with Gasteiger partial charge < -0.3 is 10.1 Å². The lowest BCUT2D eigenvalue weighted by Crippen LogP contribution is -2.30. The molecule has 2 aromatic rings. The van der Waals surface area contributed by atoms with Gasteiger partial charge in [0.1, 0.15) is 16.8 Å². The van der Waals surface area contributed by atoms with E-state index >= 15 is 0 Å². The van der Waals surface area contributed by atoms with Crippen LogP contribution in [0.4, 0.5) is 5.00 Å². The highest BCUT2D eigenvalue weighted by atomic mass is 79.9. The van der Waals surface area contributed by atoms with E-state index in [2.05, 4.69) is 34.2 Å². The third kappa shape index (κ3) is 4.57. The minimum Gasteiger partial charge on any atom is -0.481 e. The van der Waals surface area contributed by atoms with Crippen molar-refractivity contribution in [3.05, 3.63) is 49.3 Å². The van der Waals surface area contributed by atoms with E-state index < -0.39 is 6.10 Å². The van der Waals surface area contributed by atoms with Crippen molar-refractivity contribution in [2.45, 2.75) is 39.2 Å². The Bertz CT molecular complexity index is 981. The quantitative estimate of drug-likeness (QED) is 0.596. The smallest absolute Gasteiger partial charge is 0.265 e. The van der Waals surface area contributed by atoms with Crippen LogP contribution in [0.15, 0.2) is 28.7 Å². The number of rotatable bonds is 4. The van der Waals surface area contributed by atoms with Gasteiger partial charge in [-0.15, -0.1) is 11.3 Å². The Balaban J connectivity index is 1.83. The van der Waals surface area contributed by atoms with Crippen LogP contribution in [0.1, 0.15) is 37.0 Å². The number of carbonyl (C=O) groups excluding carboxylic acids is 1. The molecule has 27 heavy (non-hydrogen) atoms. The lowest BCUT2D eigenvalue weighted by Gasteiger charge is -2.23. The van der Waals surface area contributed by atoms with Crippen LogP contribution in [-0.4, -0.2) is 12.0 Å². The summed E-state index contributed by atoms with van der Waals surface area (Å²) in [7, 11) is 0. The summed E-state index contributed by atoms with van der Waals surface area (Å²) in [4.78, 5) is 12.6. The summed E-state index contributed by atoms with van der Waals surface area (Å²) in [5, 5.41) is 13.1. The van der Waals surface area contributed by atoms with Crippen LogP contribution in [0.5, 0.6) is 5.75 Å². The predicted molar refractivity (Wildman–Crippen MR) is 114 cm³/mol. The van der Waals surface area contributed by atoms with Crippen molar-refractivity contribution in [3.8, 4) is 11.8 Å². The zero-order chi connectivity index (χ0) is 19.6. The van der Waals surface area contributed by atoms with Gasteiger partial charge in [0, 0.05) is 4.47 Å². The molecule has 1 amide bonds. The van der Waals surface area contributed by atoms with E-state index in [1.165, 1.54) is 11.3 Å². The summed E-state index contributed by atoms with van der Waals surface area (Å²) in [6.45, 7) is 3.88. The minimum absolute atomic E-state index is 0.304. The summed E-state index contributed by atoms with van der Waals surface area (Å²) in [6.07, 6.45) is 2.04. The molecule has 1 aromatic heterocycles. The Hall–Kier alpha value is -1.75. The van der Waals surface area contributed by atoms with Crippen molar-refractivity contribution in [2.75, 3.05) is 5.32 Å². The first kappa shape index (κ1) is 20.0. The van der Waals surface area contributed by atoms with Crippen molar-refractivity contribution in [2.24, 2.45) is 5.92 Å². The topological polar surface area (TPSA) is 62.1 Å². The van der Waals surface area contributed by atoms with Crippen LogP contribution in [0.3, 0.4) is 0 Å². The maximum absolute atomic E-state index is 12.6. The molecule has 0 radical (unpaired) electrons. The Morgan fingerprint density at radius 1 is 1.48 bits per heavy atom. The van der Waals surface area contributed by atoms with Crippen LogP contribution < -0.4 is 10.1 Å². The SMILES string of the molecule is CC1CCc2c(C#N)c(NC(=O)C(C)Oc3cccc(Br)c3)sc(=S)c2C1. The number of ether oxygens (including phenoxy) is 1. The Labute approximate surface area is 176 Å². The molecule has 3 rings (SSSR count). The van der Waals surface area contributed by atoms with Gasteiger partial charge in [0.2, 0.25) is 0 Å². The van der Waals surface area contributed by atoms with Gasteiger partial charge in [0.05, 0.1) is 9.39 Å². The van der Waals surface area contributed by atoms with Gasteiger partial charge in [-0.25, -0.2) is 0 Å². The largest absolute Gasteiger partial charge is 0.481 e. The first-order valence-electron chi connectivity index (χ1n) is 8.71. The van der Waals surface area contributed by atoms with E-state index in [1.54, 1.807) is 19.1 Å². The molecule has 140 valence electrons. The van der Waals surface area contributed by atoms with E-state index in [0.717, 1.165) is 38.7 Å². The molecule has 2 unspecified atom stereocenters. The highest BCUT2D eigenvalue weighted by Gasteiger charge is 2.24. The monoisotopic (exact) mass is 462 g/mol. The van der Waals surface area contributed by atoms with Crippen molar-refractivity contribution in [1.29, 1.82) is 5.26 Å². The molecule has 1 aliphatic rings. The van der Waals surface area contributed by atoms with E-state index in [1.807, 2.05) is 12.1 Å². The molecule has 0 fully saturated rings. The number of fused-ring (bicyclic) bond motifs is 1. The van der Waals surface area contributed by atoms with Gasteiger partial charge in [-0.1, -0.05) is 41.1 Å². The van der Waals surface area contributed by atoms with Crippen LogP contribution in [-0.2, 0) is 17.6 Å². The zero-order valence-electron chi connectivity index (χ0n) is 15.0. The number of nitriles is 1. The lowest BCUT2D eigenvalue weighted by atomic mass is 9.85. The van der Waals surface area contributed by atoms with E-state index in [9.17, 15) is 10.1 Å². The highest BCUT2D eigenvalue weighted by molar-refractivity contribution is 9.10. The molecular formula is C20H19BrN2O2S2. The number of hydrogen-bond donors (Lipinski definition) is 1. The first-order chi connectivity index (χ1) is 12.9. The van der Waals surface area contributed by atoms with E-state index in [-0.39, 0.29) is 5.91 Å². The molecule has 0 bridgehead atoms. The van der Waals surface area contributed by atoms with E-state index in [4.69, 9.17) is 17.0 Å². The van der Waals surface area contributed by atoms with Crippen molar-refractivity contribution < 1.29 is 9.53 Å². The molecule has 0 aliphatic heterocycles. The third-order valence-corrected chi connectivity index (χ3v) is 6.53. The summed E-state index contributed by atoms with van der Waals surface area (Å²) in [5.74, 6) is 0.859. The molecule has 7 heteroatoms. The maximum Gasteiger partial charge on any atom is 0.265 e. The average molecular weight is 463 g/mol. The standard InChI is InChI=1S/C20H19BrN2O2S2/c1-11-6-7-15-16(8-11)20(26)27-19(17(15)10-22)23-18(24)12(2)25-14-5-3-4-13(21)9-14/h3-5,9,11-12H,6-8H2,1-2H3,(H,23,24). The number of nitrogens with one attached hydrogen (secondary N) is 1. The molecule has 0 spiro atoms. The third-order valence-electron chi connectivity index (χ3n) is 4.60. The van der Waals surface area contributed by atoms with Gasteiger partial charge in [-0.05, 0) is 61.4 Å². The Morgan fingerprint density at radius 3 is 2.96 bits per heavy atom. The number of anilines is 1. The highest BCUT2D eigenvalue weighted by Crippen LogP contribution is 2.36. The van der Waals surface area contributed by atoms with Crippen molar-refractivity contribution >= 4 is 50.4 Å². The molecular weight excluding hydrogens is 444 g/mol. The van der Waals surface area contributed by atoms with Gasteiger partial charge in [0.15, 0.2) is 6.10 Å². The summed E-state index contributed by atoms with van der Waals surface area (Å²) in [6, 6.07) is 9.59. The van der Waals surface area contributed by atoms with Crippen LogP contribution in [0.25, 0.3) is 0 Å². The summed E-state index contributed by atoms with van der Waals surface area (Å²) >= 11 is 10.2. The number of benzene rings is 1. The van der Waals surface area contributed by atoms with Gasteiger partial charge in [-0.3, -0.25) is 4.79 Å². The fourth-order valence-electron chi connectivity index (χ4n) is 3.16. The fourth-order valence-corrected chi connectivity index (χ4v) is 4.93. The fraction of sp³-hybridized carbons (Fsp3) is 0.350. The van der Waals surface area contributed by atoms with Gasteiger partial charge in [0.25, 0.3) is 5.91 Å². The van der Waals surface area contributed by atoms with Crippen molar-refractivity contribution in [1.82, 2.24) is 0 Å². The second-order valence-corrected chi connectivity index (χ2v) is 9.32. The molecule has 1 aliphatic carbocycles. The molecule has 4 nitrogen and oxygen atoms in total. The summed E-state index contributed by atoms with van der Waals surface area (Å²) in [5.41, 5.74) is 2.63. The molecule has 0 saturated heterocycles. The lowest BCUT2D eigenvalue weighted by molar-refractivity contribution is -0.122. The second kappa shape index (κ2) is 8.51. The molecule has 0 saturated carbocycles. The van der Waals surface area contributed by atoms with E-state index in [0.29, 0.717) is 22.2 Å². The zero-order valence-corrected chi connectivity index (χ0v) is 18.3. The van der Waals surface area contributed by atoms with Gasteiger partial charge in [-0.2, -0.15) is 5.26 Å². The molecule has 1 N–H and O–H groups in total. The average Bonchev–Trinajstić information content (AvgIpc) is 2.62. The van der Waals surface area contributed by atoms with Crippen LogP contribution >= 0.6 is 39.5 Å². The van der Waals surface area contributed by atoms with Crippen LogP contribution in [0, 0.1) is 21.1 Å². The summed E-state index contributed by atoms with van der Waals surface area (Å²) < 4.78 is 7.35. The molecule has 1 heterocycles. The second-order valence-electron chi connectivity index (χ2n) is 6.72. The number of nitrogens with zero attached hydrogens (tertiary/aromatic N) is 1. The predicted octanol–water partition coefficient (Wildman–Crippen LogP) is 5.64. The first-order valence-corrected chi connectivity index (χ1v) is 10.7. The molecule has 1 aromatic carbocycles. The number of amides is 1. The van der Waals surface area contributed by atoms with Gasteiger partial charge >= 0.3 is 0 Å². The van der Waals surface area contributed by atoms with Crippen LogP contribution in [0.2, 0.25) is 0 Å². The maximum atomic E-state index is 12.6. The number of hydrogen-bond acceptors (Lipinski definition) is 5. The Kier molecular flexibility index (Phi) is 6.30. The number of carbonyl (C=O) groups is 1. The van der Waals surface area contributed by atoms with Crippen molar-refractivity contribution in [3.63, 3.8) is 0 Å². The minimum atomic E-state index is -0.706. The normalized spacial score (nSPS) is 16.7. The Morgan fingerprint density at radius 2 is 2.26 bits per heavy atom. The number of halogens is 1.